The number of nitrogens with one attached hydrogen (secondary N) is 1. The molecule has 2 aromatic rings. The first-order chi connectivity index (χ1) is 12.8. The molecule has 6 nitrogen and oxygen atoms in total. The van der Waals surface area contributed by atoms with Crippen LogP contribution in [-0.2, 0) is 0 Å². The summed E-state index contributed by atoms with van der Waals surface area (Å²) < 4.78 is 0. The molecular weight excluding hydrogens is 411 g/mol. The molecule has 1 aromatic heterocycles. The summed E-state index contributed by atoms with van der Waals surface area (Å²) in [6, 6.07) is 7.75. The Morgan fingerprint density at radius 3 is 2.30 bits per heavy atom. The van der Waals surface area contributed by atoms with E-state index in [1.54, 1.807) is 23.1 Å². The van der Waals surface area contributed by atoms with Crippen LogP contribution in [0.15, 0.2) is 30.3 Å². The molecule has 142 valence electrons. The number of carbonyl (C=O) groups excluding carboxylic acids is 2. The molecule has 0 radical (unpaired) electrons. The van der Waals surface area contributed by atoms with E-state index in [2.05, 4.69) is 15.2 Å². The van der Waals surface area contributed by atoms with Crippen LogP contribution in [0.1, 0.15) is 20.8 Å². The van der Waals surface area contributed by atoms with E-state index in [0.717, 1.165) is 13.1 Å². The maximum absolute atomic E-state index is 12.6. The number of benzene rings is 1. The Bertz CT molecular complexity index is 860. The molecule has 0 saturated carbocycles. The zero-order chi connectivity index (χ0) is 19.6. The number of hydrogen-bond acceptors (Lipinski definition) is 4. The summed E-state index contributed by atoms with van der Waals surface area (Å²) in [4.78, 5) is 33.3. The number of nitrogens with zero attached hydrogens (tertiary/aromatic N) is 3. The maximum Gasteiger partial charge on any atom is 0.272 e. The smallest absolute Gasteiger partial charge is 0.272 e. The van der Waals surface area contributed by atoms with Crippen LogP contribution in [0.2, 0.25) is 15.1 Å². The fourth-order valence-electron chi connectivity index (χ4n) is 2.73. The van der Waals surface area contributed by atoms with E-state index < -0.39 is 5.91 Å². The first-order valence-electron chi connectivity index (χ1n) is 8.26. The van der Waals surface area contributed by atoms with Crippen LogP contribution in [0.3, 0.4) is 0 Å². The molecule has 0 atom stereocenters. The Morgan fingerprint density at radius 2 is 1.67 bits per heavy atom. The Labute approximate surface area is 172 Å². The van der Waals surface area contributed by atoms with E-state index in [4.69, 9.17) is 34.8 Å². The number of carbonyl (C=O) groups is 2. The molecule has 27 heavy (non-hydrogen) atoms. The van der Waals surface area contributed by atoms with Crippen LogP contribution < -0.4 is 5.32 Å². The third-order valence-electron chi connectivity index (χ3n) is 4.23. The van der Waals surface area contributed by atoms with Gasteiger partial charge in [-0.3, -0.25) is 9.59 Å². The monoisotopic (exact) mass is 426 g/mol. The summed E-state index contributed by atoms with van der Waals surface area (Å²) in [5, 5.41) is 3.22. The van der Waals surface area contributed by atoms with Crippen LogP contribution in [0.5, 0.6) is 0 Å². The largest absolute Gasteiger partial charge is 0.335 e. The standard InChI is InChI=1S/C18H17Cl3N4O2/c1-24-5-7-25(8-6-24)18(27)14-3-2-4-15(22-14)23-17(26)16-12(20)9-11(19)10-13(16)21/h2-4,9-10H,5-8H2,1H3,(H,22,23,26). The van der Waals surface area contributed by atoms with Gasteiger partial charge < -0.3 is 15.1 Å². The van der Waals surface area contributed by atoms with Gasteiger partial charge in [-0.15, -0.1) is 0 Å². The third kappa shape index (κ3) is 4.71. The topological polar surface area (TPSA) is 65.5 Å². The van der Waals surface area contributed by atoms with E-state index in [1.165, 1.54) is 12.1 Å². The number of hydrogen-bond donors (Lipinski definition) is 1. The number of aromatic nitrogens is 1. The second-order valence-corrected chi connectivity index (χ2v) is 7.45. The van der Waals surface area contributed by atoms with Gasteiger partial charge in [0.2, 0.25) is 0 Å². The Kier molecular flexibility index (Phi) is 6.22. The second-order valence-electron chi connectivity index (χ2n) is 6.20. The normalized spacial score (nSPS) is 14.9. The Morgan fingerprint density at radius 1 is 1.04 bits per heavy atom. The van der Waals surface area contributed by atoms with Crippen molar-refractivity contribution in [3.63, 3.8) is 0 Å². The first kappa shape index (κ1) is 19.9. The summed E-state index contributed by atoms with van der Waals surface area (Å²) in [5.41, 5.74) is 0.367. The summed E-state index contributed by atoms with van der Waals surface area (Å²) in [6.07, 6.45) is 0. The molecule has 1 aromatic carbocycles. The van der Waals surface area contributed by atoms with Gasteiger partial charge in [-0.1, -0.05) is 40.9 Å². The average Bonchev–Trinajstić information content (AvgIpc) is 2.61. The van der Waals surface area contributed by atoms with Crippen molar-refractivity contribution in [1.82, 2.24) is 14.8 Å². The quantitative estimate of drug-likeness (QED) is 0.811. The average molecular weight is 428 g/mol. The van der Waals surface area contributed by atoms with Gasteiger partial charge in [0.25, 0.3) is 11.8 Å². The van der Waals surface area contributed by atoms with Crippen LogP contribution in [0.4, 0.5) is 5.82 Å². The van der Waals surface area contributed by atoms with Gasteiger partial charge in [0, 0.05) is 31.2 Å². The molecule has 2 amide bonds. The molecule has 0 spiro atoms. The molecular formula is C18H17Cl3N4O2. The van der Waals surface area contributed by atoms with Crippen molar-refractivity contribution in [2.75, 3.05) is 38.5 Å². The highest BCUT2D eigenvalue weighted by Gasteiger charge is 2.22. The molecule has 2 heterocycles. The van der Waals surface area contributed by atoms with Crippen molar-refractivity contribution in [3.8, 4) is 0 Å². The highest BCUT2D eigenvalue weighted by molar-refractivity contribution is 6.42. The van der Waals surface area contributed by atoms with Crippen LogP contribution in [0.25, 0.3) is 0 Å². The van der Waals surface area contributed by atoms with Gasteiger partial charge in [-0.2, -0.15) is 0 Å². The van der Waals surface area contributed by atoms with E-state index in [-0.39, 0.29) is 33.0 Å². The van der Waals surface area contributed by atoms with Crippen molar-refractivity contribution in [2.45, 2.75) is 0 Å². The molecule has 0 unspecified atom stereocenters. The minimum absolute atomic E-state index is 0.0975. The van der Waals surface area contributed by atoms with Crippen LogP contribution in [0, 0.1) is 0 Å². The molecule has 1 saturated heterocycles. The number of amides is 2. The van der Waals surface area contributed by atoms with Crippen molar-refractivity contribution < 1.29 is 9.59 Å². The lowest BCUT2D eigenvalue weighted by Crippen LogP contribution is -2.47. The van der Waals surface area contributed by atoms with E-state index in [0.29, 0.717) is 18.1 Å². The molecule has 9 heteroatoms. The minimum Gasteiger partial charge on any atom is -0.335 e. The van der Waals surface area contributed by atoms with Gasteiger partial charge >= 0.3 is 0 Å². The summed E-state index contributed by atoms with van der Waals surface area (Å²) in [7, 11) is 2.02. The fraction of sp³-hybridized carbons (Fsp3) is 0.278. The molecule has 1 aliphatic heterocycles. The zero-order valence-electron chi connectivity index (χ0n) is 14.5. The second kappa shape index (κ2) is 8.44. The van der Waals surface area contributed by atoms with Crippen LogP contribution in [-0.4, -0.2) is 59.8 Å². The highest BCUT2D eigenvalue weighted by Crippen LogP contribution is 2.29. The SMILES string of the molecule is CN1CCN(C(=O)c2cccc(NC(=O)c3c(Cl)cc(Cl)cc3Cl)n2)CC1. The predicted octanol–water partition coefficient (Wildman–Crippen LogP) is 3.68. The predicted molar refractivity (Wildman–Crippen MR) is 107 cm³/mol. The lowest BCUT2D eigenvalue weighted by Gasteiger charge is -2.32. The van der Waals surface area contributed by atoms with Crippen molar-refractivity contribution in [1.29, 1.82) is 0 Å². The molecule has 1 aliphatic rings. The molecule has 1 N–H and O–H groups in total. The van der Waals surface area contributed by atoms with Crippen molar-refractivity contribution >= 4 is 52.4 Å². The van der Waals surface area contributed by atoms with Gasteiger partial charge in [-0.05, 0) is 31.3 Å². The van der Waals surface area contributed by atoms with Crippen LogP contribution >= 0.6 is 34.8 Å². The highest BCUT2D eigenvalue weighted by atomic mass is 35.5. The fourth-order valence-corrected chi connectivity index (χ4v) is 3.72. The van der Waals surface area contributed by atoms with E-state index >= 15 is 0 Å². The maximum atomic E-state index is 12.6. The Hall–Kier alpha value is -1.86. The molecule has 3 rings (SSSR count). The minimum atomic E-state index is -0.529. The number of pyridine rings is 1. The van der Waals surface area contributed by atoms with E-state index in [9.17, 15) is 9.59 Å². The van der Waals surface area contributed by atoms with Gasteiger partial charge in [-0.25, -0.2) is 4.98 Å². The number of anilines is 1. The van der Waals surface area contributed by atoms with Gasteiger partial charge in [0.1, 0.15) is 11.5 Å². The van der Waals surface area contributed by atoms with Crippen molar-refractivity contribution in [3.05, 3.63) is 56.7 Å². The number of piperazine rings is 1. The first-order valence-corrected chi connectivity index (χ1v) is 9.39. The third-order valence-corrected chi connectivity index (χ3v) is 5.05. The summed E-state index contributed by atoms with van der Waals surface area (Å²) >= 11 is 18.0. The number of halogens is 3. The molecule has 0 bridgehead atoms. The number of rotatable bonds is 3. The summed E-state index contributed by atoms with van der Waals surface area (Å²) in [5.74, 6) is -0.456. The lowest BCUT2D eigenvalue weighted by molar-refractivity contribution is 0.0658. The van der Waals surface area contributed by atoms with E-state index in [1.807, 2.05) is 7.05 Å². The Balaban J connectivity index is 1.76. The lowest BCUT2D eigenvalue weighted by atomic mass is 10.2. The number of likely N-dealkylation sites (N-methyl/N-ethyl adjacent to an activating group) is 1. The zero-order valence-corrected chi connectivity index (χ0v) is 16.8. The van der Waals surface area contributed by atoms with Gasteiger partial charge in [0.05, 0.1) is 15.6 Å². The molecule has 1 fully saturated rings. The summed E-state index contributed by atoms with van der Waals surface area (Å²) in [6.45, 7) is 2.92. The van der Waals surface area contributed by atoms with Gasteiger partial charge in [0.15, 0.2) is 0 Å². The molecule has 0 aliphatic carbocycles. The van der Waals surface area contributed by atoms with Crippen molar-refractivity contribution in [2.24, 2.45) is 0 Å².